The van der Waals surface area contributed by atoms with Gasteiger partial charge in [-0.25, -0.2) is 4.39 Å². The molecule has 0 spiro atoms. The van der Waals surface area contributed by atoms with E-state index in [0.29, 0.717) is 5.56 Å². The van der Waals surface area contributed by atoms with Crippen molar-refractivity contribution in [3.63, 3.8) is 0 Å². The average molecular weight is 356 g/mol. The fourth-order valence-corrected chi connectivity index (χ4v) is 2.19. The molecular formula is C14H11BrFNO4. The lowest BCUT2D eigenvalue weighted by atomic mass is 10.1. The summed E-state index contributed by atoms with van der Waals surface area (Å²) in [6.07, 6.45) is -0.793. The smallest absolute Gasteiger partial charge is 0.287 e. The normalized spacial score (nSPS) is 12.0. The second-order valence-electron chi connectivity index (χ2n) is 4.31. The van der Waals surface area contributed by atoms with Crippen molar-refractivity contribution in [1.82, 2.24) is 0 Å². The zero-order valence-electron chi connectivity index (χ0n) is 10.9. The highest BCUT2D eigenvalue weighted by Crippen LogP contribution is 2.37. The quantitative estimate of drug-likeness (QED) is 0.653. The molecule has 21 heavy (non-hydrogen) atoms. The van der Waals surface area contributed by atoms with E-state index in [1.807, 2.05) is 0 Å². The Kier molecular flexibility index (Phi) is 4.54. The van der Waals surface area contributed by atoms with Crippen LogP contribution in [0.1, 0.15) is 18.6 Å². The maximum absolute atomic E-state index is 13.9. The summed E-state index contributed by atoms with van der Waals surface area (Å²) in [6, 6.07) is 8.28. The molecular weight excluding hydrogens is 345 g/mol. The topological polar surface area (TPSA) is 72.6 Å². The van der Waals surface area contributed by atoms with Gasteiger partial charge in [-0.2, -0.15) is 0 Å². The number of aliphatic hydroxyl groups is 1. The van der Waals surface area contributed by atoms with E-state index in [9.17, 15) is 19.6 Å². The van der Waals surface area contributed by atoms with Crippen LogP contribution in [0.2, 0.25) is 0 Å². The molecule has 0 aliphatic heterocycles. The number of nitro benzene ring substituents is 1. The van der Waals surface area contributed by atoms with E-state index in [4.69, 9.17) is 4.74 Å². The van der Waals surface area contributed by atoms with Crippen molar-refractivity contribution in [3.05, 3.63) is 62.4 Å². The van der Waals surface area contributed by atoms with Gasteiger partial charge in [0.15, 0.2) is 11.6 Å². The van der Waals surface area contributed by atoms with Crippen molar-refractivity contribution >= 4 is 21.6 Å². The van der Waals surface area contributed by atoms with Crippen LogP contribution < -0.4 is 4.74 Å². The Balaban J connectivity index is 2.35. The second-order valence-corrected chi connectivity index (χ2v) is 5.11. The first-order valence-corrected chi connectivity index (χ1v) is 6.77. The number of ether oxygens (including phenoxy) is 1. The van der Waals surface area contributed by atoms with Crippen molar-refractivity contribution in [2.45, 2.75) is 13.0 Å². The molecule has 0 unspecified atom stereocenters. The van der Waals surface area contributed by atoms with Gasteiger partial charge in [-0.3, -0.25) is 10.1 Å². The van der Waals surface area contributed by atoms with E-state index in [1.54, 1.807) is 0 Å². The van der Waals surface area contributed by atoms with E-state index in [-0.39, 0.29) is 21.7 Å². The number of aliphatic hydroxyl groups excluding tert-OH is 1. The Labute approximate surface area is 128 Å². The van der Waals surface area contributed by atoms with Crippen LogP contribution in [0.15, 0.2) is 40.9 Å². The number of rotatable bonds is 4. The number of hydrogen-bond acceptors (Lipinski definition) is 4. The van der Waals surface area contributed by atoms with Gasteiger partial charge in [0.05, 0.1) is 11.0 Å². The summed E-state index contributed by atoms with van der Waals surface area (Å²) in [5, 5.41) is 20.2. The van der Waals surface area contributed by atoms with E-state index < -0.39 is 16.8 Å². The predicted octanol–water partition coefficient (Wildman–Crippen LogP) is 4.34. The van der Waals surface area contributed by atoms with Crippen molar-refractivity contribution in [2.75, 3.05) is 0 Å². The molecule has 2 rings (SSSR count). The van der Waals surface area contributed by atoms with Gasteiger partial charge in [0, 0.05) is 6.07 Å². The Bertz CT molecular complexity index is 691. The number of nitrogens with zero attached hydrogens (tertiary/aromatic N) is 1. The minimum Gasteiger partial charge on any atom is -0.453 e. The lowest BCUT2D eigenvalue weighted by molar-refractivity contribution is -0.385. The first-order chi connectivity index (χ1) is 9.90. The summed E-state index contributed by atoms with van der Waals surface area (Å²) < 4.78 is 19.4. The number of benzene rings is 2. The third-order valence-electron chi connectivity index (χ3n) is 2.80. The summed E-state index contributed by atoms with van der Waals surface area (Å²) in [5.74, 6) is -0.611. The molecule has 0 saturated heterocycles. The third-order valence-corrected chi connectivity index (χ3v) is 3.59. The van der Waals surface area contributed by atoms with Crippen LogP contribution in [0, 0.1) is 15.9 Å². The standard InChI is InChI=1S/C14H11BrFNO4/c1-8(18)9-5-6-12(10(16)7-9)21-13-4-2-3-11(14(13)15)17(19)20/h2-8,18H,1H3/t8-/m1/s1. The third kappa shape index (κ3) is 3.37. The lowest BCUT2D eigenvalue weighted by Crippen LogP contribution is -1.96. The van der Waals surface area contributed by atoms with Crippen molar-refractivity contribution in [1.29, 1.82) is 0 Å². The van der Waals surface area contributed by atoms with Crippen LogP contribution in [-0.2, 0) is 0 Å². The second kappa shape index (κ2) is 6.19. The Hall–Kier alpha value is -1.99. The monoisotopic (exact) mass is 355 g/mol. The van der Waals surface area contributed by atoms with Crippen LogP contribution in [0.3, 0.4) is 0 Å². The molecule has 2 aromatic carbocycles. The largest absolute Gasteiger partial charge is 0.453 e. The summed E-state index contributed by atoms with van der Waals surface area (Å²) in [7, 11) is 0. The molecule has 1 N–H and O–H groups in total. The highest BCUT2D eigenvalue weighted by Gasteiger charge is 2.17. The van der Waals surface area contributed by atoms with Crippen molar-refractivity contribution in [2.24, 2.45) is 0 Å². The molecule has 0 saturated carbocycles. The highest BCUT2D eigenvalue weighted by atomic mass is 79.9. The SMILES string of the molecule is C[C@@H](O)c1ccc(Oc2cccc([N+](=O)[O-])c2Br)c(F)c1. The van der Waals surface area contributed by atoms with Gasteiger partial charge in [-0.15, -0.1) is 0 Å². The average Bonchev–Trinajstić information content (AvgIpc) is 2.42. The van der Waals surface area contributed by atoms with Crippen LogP contribution in [0.25, 0.3) is 0 Å². The predicted molar refractivity (Wildman–Crippen MR) is 77.9 cm³/mol. The van der Waals surface area contributed by atoms with Crippen LogP contribution >= 0.6 is 15.9 Å². The molecule has 0 bridgehead atoms. The minimum atomic E-state index is -0.793. The highest BCUT2D eigenvalue weighted by molar-refractivity contribution is 9.10. The maximum atomic E-state index is 13.9. The molecule has 0 radical (unpaired) electrons. The summed E-state index contributed by atoms with van der Waals surface area (Å²) >= 11 is 3.07. The van der Waals surface area contributed by atoms with Gasteiger partial charge in [-0.05, 0) is 46.6 Å². The van der Waals surface area contributed by atoms with E-state index in [0.717, 1.165) is 6.07 Å². The molecule has 0 amide bonds. The maximum Gasteiger partial charge on any atom is 0.287 e. The molecule has 0 aliphatic carbocycles. The molecule has 0 fully saturated rings. The fraction of sp³-hybridized carbons (Fsp3) is 0.143. The van der Waals surface area contributed by atoms with Gasteiger partial charge in [0.1, 0.15) is 10.2 Å². The summed E-state index contributed by atoms with van der Waals surface area (Å²) in [6.45, 7) is 1.52. The zero-order chi connectivity index (χ0) is 15.6. The van der Waals surface area contributed by atoms with E-state index in [1.165, 1.54) is 37.3 Å². The fourth-order valence-electron chi connectivity index (χ4n) is 1.70. The van der Waals surface area contributed by atoms with Crippen molar-refractivity contribution in [3.8, 4) is 11.5 Å². The number of halogens is 2. The Morgan fingerprint density at radius 2 is 2.05 bits per heavy atom. The minimum absolute atomic E-state index is 0.0828. The Morgan fingerprint density at radius 3 is 2.62 bits per heavy atom. The van der Waals surface area contributed by atoms with Crippen LogP contribution in [0.4, 0.5) is 10.1 Å². The van der Waals surface area contributed by atoms with Gasteiger partial charge >= 0.3 is 0 Å². The van der Waals surface area contributed by atoms with Crippen LogP contribution in [-0.4, -0.2) is 10.0 Å². The summed E-state index contributed by atoms with van der Waals surface area (Å²) in [5.41, 5.74) is 0.242. The lowest BCUT2D eigenvalue weighted by Gasteiger charge is -2.11. The van der Waals surface area contributed by atoms with Crippen LogP contribution in [0.5, 0.6) is 11.5 Å². The summed E-state index contributed by atoms with van der Waals surface area (Å²) in [4.78, 5) is 10.3. The van der Waals surface area contributed by atoms with Gasteiger partial charge in [0.25, 0.3) is 5.69 Å². The van der Waals surface area contributed by atoms with Crippen molar-refractivity contribution < 1.29 is 19.2 Å². The molecule has 7 heteroatoms. The molecule has 110 valence electrons. The van der Waals surface area contributed by atoms with Gasteiger partial charge in [-0.1, -0.05) is 12.1 Å². The van der Waals surface area contributed by atoms with Gasteiger partial charge in [0.2, 0.25) is 0 Å². The number of nitro groups is 1. The molecule has 5 nitrogen and oxygen atoms in total. The van der Waals surface area contributed by atoms with Gasteiger partial charge < -0.3 is 9.84 Å². The molecule has 2 aromatic rings. The van der Waals surface area contributed by atoms with E-state index >= 15 is 0 Å². The first-order valence-electron chi connectivity index (χ1n) is 5.98. The zero-order valence-corrected chi connectivity index (χ0v) is 12.5. The number of hydrogen-bond donors (Lipinski definition) is 1. The van der Waals surface area contributed by atoms with E-state index in [2.05, 4.69) is 15.9 Å². The Morgan fingerprint density at radius 1 is 1.33 bits per heavy atom. The first kappa shape index (κ1) is 15.4. The molecule has 0 aliphatic rings. The molecule has 0 aromatic heterocycles. The molecule has 1 atom stereocenters. The molecule has 0 heterocycles.